The molecule has 2 unspecified atom stereocenters. The van der Waals surface area contributed by atoms with Gasteiger partial charge in [0, 0.05) is 12.2 Å². The molecule has 21 heavy (non-hydrogen) atoms. The molecule has 0 spiro atoms. The van der Waals surface area contributed by atoms with Crippen LogP contribution in [-0.2, 0) is 14.8 Å². The van der Waals surface area contributed by atoms with E-state index in [-0.39, 0.29) is 17.0 Å². The van der Waals surface area contributed by atoms with Gasteiger partial charge < -0.3 is 15.4 Å². The number of hydrogen-bond acceptors (Lipinski definition) is 5. The summed E-state index contributed by atoms with van der Waals surface area (Å²) in [6.45, 7) is 1.28. The summed E-state index contributed by atoms with van der Waals surface area (Å²) in [4.78, 5) is 2.24. The first kappa shape index (κ1) is 14.6. The van der Waals surface area contributed by atoms with Crippen molar-refractivity contribution in [1.29, 1.82) is 0 Å². The van der Waals surface area contributed by atoms with Crippen LogP contribution in [0.25, 0.3) is 0 Å². The predicted molar refractivity (Wildman–Crippen MR) is 81.6 cm³/mol. The highest BCUT2D eigenvalue weighted by molar-refractivity contribution is 7.89. The Balaban J connectivity index is 2.03. The number of nitrogen functional groups attached to an aromatic ring is 1. The molecule has 0 amide bonds. The number of nitrogens with two attached hydrogens (primary N) is 2. The Hall–Kier alpha value is -1.31. The SMILES string of the molecule is Nc1ccc(N2CCOC3CCCCC32)c(S(N)(=O)=O)c1. The molecule has 4 N–H and O–H groups in total. The van der Waals surface area contributed by atoms with Crippen LogP contribution >= 0.6 is 0 Å². The summed E-state index contributed by atoms with van der Waals surface area (Å²) in [7, 11) is -3.81. The highest BCUT2D eigenvalue weighted by atomic mass is 32.2. The van der Waals surface area contributed by atoms with Crippen molar-refractivity contribution in [3.8, 4) is 0 Å². The van der Waals surface area contributed by atoms with Crippen molar-refractivity contribution in [3.05, 3.63) is 18.2 Å². The molecule has 116 valence electrons. The molecule has 6 nitrogen and oxygen atoms in total. The molecule has 0 radical (unpaired) electrons. The van der Waals surface area contributed by atoms with Crippen LogP contribution in [0.15, 0.2) is 23.1 Å². The van der Waals surface area contributed by atoms with Crippen LogP contribution in [0.1, 0.15) is 25.7 Å². The van der Waals surface area contributed by atoms with E-state index in [9.17, 15) is 8.42 Å². The topological polar surface area (TPSA) is 98.6 Å². The molecule has 1 heterocycles. The van der Waals surface area contributed by atoms with E-state index >= 15 is 0 Å². The normalized spacial score (nSPS) is 26.4. The number of rotatable bonds is 2. The molecule has 3 rings (SSSR count). The minimum atomic E-state index is -3.81. The lowest BCUT2D eigenvalue weighted by Gasteiger charge is -2.45. The maximum atomic E-state index is 11.9. The molecule has 1 aromatic rings. The molecular formula is C14H21N3O3S. The second kappa shape index (κ2) is 5.47. The van der Waals surface area contributed by atoms with Crippen LogP contribution in [0.4, 0.5) is 11.4 Å². The largest absolute Gasteiger partial charge is 0.399 e. The Kier molecular flexibility index (Phi) is 3.81. The van der Waals surface area contributed by atoms with Crippen LogP contribution in [0.2, 0.25) is 0 Å². The van der Waals surface area contributed by atoms with Crippen molar-refractivity contribution < 1.29 is 13.2 Å². The van der Waals surface area contributed by atoms with Gasteiger partial charge in [-0.25, -0.2) is 13.6 Å². The molecule has 7 heteroatoms. The van der Waals surface area contributed by atoms with E-state index in [0.29, 0.717) is 24.5 Å². The van der Waals surface area contributed by atoms with Gasteiger partial charge >= 0.3 is 0 Å². The van der Waals surface area contributed by atoms with Gasteiger partial charge in [-0.3, -0.25) is 0 Å². The Labute approximate surface area is 125 Å². The summed E-state index contributed by atoms with van der Waals surface area (Å²) in [5.74, 6) is 0. The van der Waals surface area contributed by atoms with Gasteiger partial charge in [-0.15, -0.1) is 0 Å². The Morgan fingerprint density at radius 1 is 1.24 bits per heavy atom. The second-order valence-electron chi connectivity index (χ2n) is 5.73. The van der Waals surface area contributed by atoms with Crippen LogP contribution in [0.5, 0.6) is 0 Å². The maximum Gasteiger partial charge on any atom is 0.240 e. The van der Waals surface area contributed by atoms with Gasteiger partial charge in [0.25, 0.3) is 0 Å². The fraction of sp³-hybridized carbons (Fsp3) is 0.571. The molecule has 1 saturated carbocycles. The van der Waals surface area contributed by atoms with E-state index in [2.05, 4.69) is 4.90 Å². The lowest BCUT2D eigenvalue weighted by Crippen LogP contribution is -2.53. The zero-order valence-electron chi connectivity index (χ0n) is 11.9. The lowest BCUT2D eigenvalue weighted by atomic mass is 9.90. The number of hydrogen-bond donors (Lipinski definition) is 2. The molecule has 2 atom stereocenters. The van der Waals surface area contributed by atoms with Crippen LogP contribution in [0.3, 0.4) is 0 Å². The molecule has 1 saturated heterocycles. The Morgan fingerprint density at radius 2 is 2.00 bits per heavy atom. The molecule has 2 aliphatic rings. The first-order valence-electron chi connectivity index (χ1n) is 7.27. The minimum absolute atomic E-state index is 0.105. The van der Waals surface area contributed by atoms with Crippen molar-refractivity contribution in [2.75, 3.05) is 23.8 Å². The molecule has 1 aromatic carbocycles. The third kappa shape index (κ3) is 2.86. The van der Waals surface area contributed by atoms with Gasteiger partial charge in [0.15, 0.2) is 0 Å². The number of anilines is 2. The van der Waals surface area contributed by atoms with E-state index in [1.165, 1.54) is 12.5 Å². The molecule has 1 aliphatic carbocycles. The van der Waals surface area contributed by atoms with Gasteiger partial charge in [-0.2, -0.15) is 0 Å². The van der Waals surface area contributed by atoms with E-state index in [1.807, 2.05) is 0 Å². The minimum Gasteiger partial charge on any atom is -0.399 e. The third-order valence-electron chi connectivity index (χ3n) is 4.33. The zero-order valence-corrected chi connectivity index (χ0v) is 12.7. The number of morpholine rings is 1. The number of benzene rings is 1. The second-order valence-corrected chi connectivity index (χ2v) is 7.26. The fourth-order valence-corrected chi connectivity index (χ4v) is 4.17. The number of fused-ring (bicyclic) bond motifs is 1. The van der Waals surface area contributed by atoms with E-state index in [0.717, 1.165) is 19.3 Å². The highest BCUT2D eigenvalue weighted by Gasteiger charge is 2.36. The average molecular weight is 311 g/mol. The summed E-state index contributed by atoms with van der Waals surface area (Å²) >= 11 is 0. The highest BCUT2D eigenvalue weighted by Crippen LogP contribution is 2.35. The van der Waals surface area contributed by atoms with Crippen molar-refractivity contribution >= 4 is 21.4 Å². The van der Waals surface area contributed by atoms with Crippen molar-refractivity contribution in [3.63, 3.8) is 0 Å². The van der Waals surface area contributed by atoms with Crippen LogP contribution in [0, 0.1) is 0 Å². The van der Waals surface area contributed by atoms with Gasteiger partial charge in [-0.05, 0) is 31.0 Å². The summed E-state index contributed by atoms with van der Waals surface area (Å²) in [6, 6.07) is 5.14. The van der Waals surface area contributed by atoms with E-state index in [1.54, 1.807) is 12.1 Å². The molecule has 1 aliphatic heterocycles. The molecular weight excluding hydrogens is 290 g/mol. The fourth-order valence-electron chi connectivity index (χ4n) is 3.39. The predicted octanol–water partition coefficient (Wildman–Crippen LogP) is 1.06. The van der Waals surface area contributed by atoms with Crippen LogP contribution in [-0.4, -0.2) is 33.7 Å². The van der Waals surface area contributed by atoms with E-state index < -0.39 is 10.0 Å². The van der Waals surface area contributed by atoms with Gasteiger partial charge in [-0.1, -0.05) is 12.8 Å². The summed E-state index contributed by atoms with van der Waals surface area (Å²) in [6.07, 6.45) is 4.53. The van der Waals surface area contributed by atoms with Crippen molar-refractivity contribution in [2.24, 2.45) is 5.14 Å². The van der Waals surface area contributed by atoms with Crippen molar-refractivity contribution in [1.82, 2.24) is 0 Å². The van der Waals surface area contributed by atoms with Crippen molar-refractivity contribution in [2.45, 2.75) is 42.7 Å². The van der Waals surface area contributed by atoms with Gasteiger partial charge in [0.2, 0.25) is 10.0 Å². The zero-order chi connectivity index (χ0) is 15.0. The Bertz CT molecular complexity index is 630. The Morgan fingerprint density at radius 3 is 2.76 bits per heavy atom. The molecule has 2 fully saturated rings. The van der Waals surface area contributed by atoms with Gasteiger partial charge in [0.05, 0.1) is 24.4 Å². The first-order valence-corrected chi connectivity index (χ1v) is 8.82. The van der Waals surface area contributed by atoms with Crippen LogP contribution < -0.4 is 15.8 Å². The average Bonchev–Trinajstić information content (AvgIpc) is 2.46. The summed E-state index contributed by atoms with van der Waals surface area (Å²) in [5, 5.41) is 5.36. The molecule has 0 bridgehead atoms. The quantitative estimate of drug-likeness (QED) is 0.796. The monoisotopic (exact) mass is 311 g/mol. The van der Waals surface area contributed by atoms with Gasteiger partial charge in [0.1, 0.15) is 4.90 Å². The number of sulfonamides is 1. The first-order chi connectivity index (χ1) is 9.97. The standard InChI is InChI=1S/C14H21N3O3S/c15-10-5-6-12(14(9-10)21(16,18)19)17-7-8-20-13-4-2-1-3-11(13)17/h5-6,9,11,13H,1-4,7-8,15H2,(H2,16,18,19). The smallest absolute Gasteiger partial charge is 0.240 e. The maximum absolute atomic E-state index is 11.9. The summed E-state index contributed by atoms with van der Waals surface area (Å²) < 4.78 is 29.6. The lowest BCUT2D eigenvalue weighted by molar-refractivity contribution is -0.00887. The number of nitrogens with zero attached hydrogens (tertiary/aromatic N) is 1. The van der Waals surface area contributed by atoms with E-state index in [4.69, 9.17) is 15.6 Å². The third-order valence-corrected chi connectivity index (χ3v) is 5.27. The number of ether oxygens (including phenoxy) is 1. The summed E-state index contributed by atoms with van der Waals surface area (Å²) in [5.41, 5.74) is 6.77. The number of primary sulfonamides is 1. The molecule has 0 aromatic heterocycles.